The zero-order valence-corrected chi connectivity index (χ0v) is 11.6. The van der Waals surface area contributed by atoms with E-state index in [0.29, 0.717) is 6.54 Å². The summed E-state index contributed by atoms with van der Waals surface area (Å²) in [5, 5.41) is 5.41. The van der Waals surface area contributed by atoms with Gasteiger partial charge in [0.1, 0.15) is 11.5 Å². The number of hydrogen-bond acceptors (Lipinski definition) is 2. The summed E-state index contributed by atoms with van der Waals surface area (Å²) in [7, 11) is 0. The molecule has 0 saturated carbocycles. The van der Waals surface area contributed by atoms with Crippen molar-refractivity contribution in [1.29, 1.82) is 0 Å². The van der Waals surface area contributed by atoms with Crippen LogP contribution in [0.3, 0.4) is 0 Å². The van der Waals surface area contributed by atoms with Crippen LogP contribution in [-0.4, -0.2) is 12.6 Å². The fraction of sp³-hybridized carbons (Fsp3) is 0.188. The van der Waals surface area contributed by atoms with Crippen LogP contribution < -0.4 is 15.4 Å². The van der Waals surface area contributed by atoms with Crippen LogP contribution in [0, 0.1) is 6.92 Å². The van der Waals surface area contributed by atoms with Gasteiger partial charge in [0.2, 0.25) is 0 Å². The van der Waals surface area contributed by atoms with Crippen molar-refractivity contribution in [2.45, 2.75) is 13.8 Å². The molecule has 0 saturated heterocycles. The van der Waals surface area contributed by atoms with Gasteiger partial charge in [0.05, 0.1) is 0 Å². The molecule has 4 heteroatoms. The molecule has 0 atom stereocenters. The topological polar surface area (TPSA) is 50.4 Å². The second-order valence-corrected chi connectivity index (χ2v) is 4.38. The van der Waals surface area contributed by atoms with E-state index in [9.17, 15) is 4.79 Å². The number of amides is 2. The number of hydrogen-bond donors (Lipinski definition) is 2. The average Bonchev–Trinajstić information content (AvgIpc) is 2.44. The zero-order chi connectivity index (χ0) is 14.4. The Labute approximate surface area is 118 Å². The first-order valence-electron chi connectivity index (χ1n) is 6.57. The molecule has 0 bridgehead atoms. The Morgan fingerprint density at radius 3 is 2.45 bits per heavy atom. The normalized spacial score (nSPS) is 9.90. The van der Waals surface area contributed by atoms with Gasteiger partial charge in [-0.25, -0.2) is 4.79 Å². The quantitative estimate of drug-likeness (QED) is 0.884. The third-order valence-corrected chi connectivity index (χ3v) is 2.77. The highest BCUT2D eigenvalue weighted by molar-refractivity contribution is 5.89. The highest BCUT2D eigenvalue weighted by Crippen LogP contribution is 2.25. The predicted molar refractivity (Wildman–Crippen MR) is 80.4 cm³/mol. The molecular weight excluding hydrogens is 252 g/mol. The first-order chi connectivity index (χ1) is 9.69. The second kappa shape index (κ2) is 6.61. The monoisotopic (exact) mass is 270 g/mol. The molecule has 0 aliphatic heterocycles. The molecule has 4 nitrogen and oxygen atoms in total. The van der Waals surface area contributed by atoms with E-state index in [4.69, 9.17) is 4.74 Å². The van der Waals surface area contributed by atoms with Gasteiger partial charge in [-0.1, -0.05) is 18.2 Å². The van der Waals surface area contributed by atoms with E-state index in [0.717, 1.165) is 22.7 Å². The fourth-order valence-electron chi connectivity index (χ4n) is 1.74. The molecule has 2 rings (SSSR count). The minimum atomic E-state index is -0.208. The summed E-state index contributed by atoms with van der Waals surface area (Å²) >= 11 is 0. The maximum Gasteiger partial charge on any atom is 0.319 e. The molecular formula is C16H18N2O2. The number of benzene rings is 2. The second-order valence-electron chi connectivity index (χ2n) is 4.38. The molecule has 0 heterocycles. The van der Waals surface area contributed by atoms with Crippen LogP contribution in [-0.2, 0) is 0 Å². The maximum atomic E-state index is 11.4. The number of carbonyl (C=O) groups excluding carboxylic acids is 1. The third kappa shape index (κ3) is 3.75. The van der Waals surface area contributed by atoms with E-state index in [-0.39, 0.29) is 6.03 Å². The highest BCUT2D eigenvalue weighted by Gasteiger charge is 2.02. The lowest BCUT2D eigenvalue weighted by Crippen LogP contribution is -2.28. The van der Waals surface area contributed by atoms with Crippen LogP contribution in [0.2, 0.25) is 0 Å². The van der Waals surface area contributed by atoms with Crippen molar-refractivity contribution in [3.8, 4) is 11.5 Å². The van der Waals surface area contributed by atoms with Crippen molar-refractivity contribution in [2.75, 3.05) is 11.9 Å². The first kappa shape index (κ1) is 13.9. The summed E-state index contributed by atoms with van der Waals surface area (Å²) in [6.45, 7) is 4.47. The van der Waals surface area contributed by atoms with E-state index >= 15 is 0 Å². The predicted octanol–water partition coefficient (Wildman–Crippen LogP) is 3.93. The molecule has 20 heavy (non-hydrogen) atoms. The Morgan fingerprint density at radius 1 is 1.10 bits per heavy atom. The molecule has 104 valence electrons. The smallest absolute Gasteiger partial charge is 0.319 e. The largest absolute Gasteiger partial charge is 0.457 e. The van der Waals surface area contributed by atoms with Gasteiger partial charge in [0, 0.05) is 12.2 Å². The van der Waals surface area contributed by atoms with Crippen molar-refractivity contribution in [2.24, 2.45) is 0 Å². The molecule has 2 amide bonds. The van der Waals surface area contributed by atoms with Gasteiger partial charge < -0.3 is 15.4 Å². The summed E-state index contributed by atoms with van der Waals surface area (Å²) in [5.74, 6) is 1.57. The molecule has 2 N–H and O–H groups in total. The number of ether oxygens (including phenoxy) is 1. The van der Waals surface area contributed by atoms with Gasteiger partial charge in [-0.05, 0) is 49.7 Å². The molecule has 0 aliphatic rings. The SMILES string of the molecule is CCNC(=O)Nc1ccc(Oc2ccccc2C)cc1. The van der Waals surface area contributed by atoms with Gasteiger partial charge in [0.25, 0.3) is 0 Å². The summed E-state index contributed by atoms with van der Waals surface area (Å²) < 4.78 is 5.79. The molecule has 0 spiro atoms. The van der Waals surface area contributed by atoms with E-state index in [1.807, 2.05) is 62.4 Å². The van der Waals surface area contributed by atoms with Crippen molar-refractivity contribution < 1.29 is 9.53 Å². The minimum Gasteiger partial charge on any atom is -0.457 e. The number of anilines is 1. The van der Waals surface area contributed by atoms with Crippen LogP contribution >= 0.6 is 0 Å². The molecule has 0 aromatic heterocycles. The highest BCUT2D eigenvalue weighted by atomic mass is 16.5. The van der Waals surface area contributed by atoms with Gasteiger partial charge in [-0.2, -0.15) is 0 Å². The van der Waals surface area contributed by atoms with Crippen molar-refractivity contribution in [3.63, 3.8) is 0 Å². The standard InChI is InChI=1S/C16H18N2O2/c1-3-17-16(19)18-13-8-10-14(11-9-13)20-15-7-5-4-6-12(15)2/h4-11H,3H2,1-2H3,(H2,17,18,19). The Bertz CT molecular complexity index is 579. The number of nitrogens with one attached hydrogen (secondary N) is 2. The van der Waals surface area contributed by atoms with Gasteiger partial charge in [-0.15, -0.1) is 0 Å². The van der Waals surface area contributed by atoms with Crippen LogP contribution in [0.25, 0.3) is 0 Å². The van der Waals surface area contributed by atoms with E-state index in [2.05, 4.69) is 10.6 Å². The van der Waals surface area contributed by atoms with Gasteiger partial charge in [-0.3, -0.25) is 0 Å². The summed E-state index contributed by atoms with van der Waals surface area (Å²) in [6, 6.07) is 14.9. The summed E-state index contributed by atoms with van der Waals surface area (Å²) in [6.07, 6.45) is 0. The molecule has 2 aromatic carbocycles. The number of urea groups is 1. The zero-order valence-electron chi connectivity index (χ0n) is 11.6. The molecule has 0 fully saturated rings. The van der Waals surface area contributed by atoms with Crippen LogP contribution in [0.4, 0.5) is 10.5 Å². The first-order valence-corrected chi connectivity index (χ1v) is 6.57. The van der Waals surface area contributed by atoms with Crippen molar-refractivity contribution in [1.82, 2.24) is 5.32 Å². The minimum absolute atomic E-state index is 0.208. The van der Waals surface area contributed by atoms with Crippen molar-refractivity contribution >= 4 is 11.7 Å². The molecule has 0 unspecified atom stereocenters. The van der Waals surface area contributed by atoms with E-state index in [1.54, 1.807) is 0 Å². The molecule has 0 aliphatic carbocycles. The third-order valence-electron chi connectivity index (χ3n) is 2.77. The number of carbonyl (C=O) groups is 1. The van der Waals surface area contributed by atoms with Crippen LogP contribution in [0.1, 0.15) is 12.5 Å². The van der Waals surface area contributed by atoms with Crippen LogP contribution in [0.5, 0.6) is 11.5 Å². The molecule has 2 aromatic rings. The fourth-order valence-corrected chi connectivity index (χ4v) is 1.74. The van der Waals surface area contributed by atoms with E-state index < -0.39 is 0 Å². The Morgan fingerprint density at radius 2 is 1.80 bits per heavy atom. The van der Waals surface area contributed by atoms with E-state index in [1.165, 1.54) is 0 Å². The summed E-state index contributed by atoms with van der Waals surface area (Å²) in [5.41, 5.74) is 1.81. The number of rotatable bonds is 4. The Hall–Kier alpha value is -2.49. The lowest BCUT2D eigenvalue weighted by atomic mass is 10.2. The lowest BCUT2D eigenvalue weighted by molar-refractivity contribution is 0.252. The number of aryl methyl sites for hydroxylation is 1. The Kier molecular flexibility index (Phi) is 4.60. The average molecular weight is 270 g/mol. The maximum absolute atomic E-state index is 11.4. The van der Waals surface area contributed by atoms with Gasteiger partial charge in [0.15, 0.2) is 0 Å². The molecule has 0 radical (unpaired) electrons. The summed E-state index contributed by atoms with van der Waals surface area (Å²) in [4.78, 5) is 11.4. The van der Waals surface area contributed by atoms with Crippen molar-refractivity contribution in [3.05, 3.63) is 54.1 Å². The number of para-hydroxylation sites is 1. The lowest BCUT2D eigenvalue weighted by Gasteiger charge is -2.10. The Balaban J connectivity index is 2.02. The van der Waals surface area contributed by atoms with Gasteiger partial charge >= 0.3 is 6.03 Å². The van der Waals surface area contributed by atoms with Crippen LogP contribution in [0.15, 0.2) is 48.5 Å².